The minimum Gasteiger partial charge on any atom is -0.497 e. The number of nitrogens with one attached hydrogen (secondary N) is 2. The lowest BCUT2D eigenvalue weighted by Crippen LogP contribution is -2.72. The van der Waals surface area contributed by atoms with Gasteiger partial charge in [0.05, 0.1) is 13.2 Å². The van der Waals surface area contributed by atoms with Gasteiger partial charge in [0.25, 0.3) is 0 Å². The van der Waals surface area contributed by atoms with Gasteiger partial charge in [-0.3, -0.25) is 4.79 Å². The predicted molar refractivity (Wildman–Crippen MR) is 92.7 cm³/mol. The third-order valence-corrected chi connectivity index (χ3v) is 4.62. The van der Waals surface area contributed by atoms with E-state index in [-0.39, 0.29) is 11.1 Å². The number of carbonyl (C=O) groups is 2. The van der Waals surface area contributed by atoms with Gasteiger partial charge in [0.2, 0.25) is 5.72 Å². The number of hydrogen-bond donors (Lipinski definition) is 3. The fourth-order valence-corrected chi connectivity index (χ4v) is 3.21. The Morgan fingerprint density at radius 1 is 1.11 bits per heavy atom. The monoisotopic (exact) mass is 394 g/mol. The Balaban J connectivity index is 2.13. The van der Waals surface area contributed by atoms with Crippen LogP contribution in [0.4, 0.5) is 18.0 Å². The molecule has 0 spiro atoms. The molecule has 3 rings (SSSR count). The number of Topliss-reactive ketones (excluding diaryl/α,β-unsaturated/α-hetero) is 1. The third kappa shape index (κ3) is 3.40. The highest BCUT2D eigenvalue weighted by atomic mass is 19.4. The van der Waals surface area contributed by atoms with Gasteiger partial charge in [-0.1, -0.05) is 42.5 Å². The number of carbonyl (C=O) groups excluding carboxylic acids is 2. The van der Waals surface area contributed by atoms with Crippen LogP contribution < -0.4 is 15.4 Å². The van der Waals surface area contributed by atoms with Crippen LogP contribution in [0.3, 0.4) is 0 Å². The van der Waals surface area contributed by atoms with Crippen LogP contribution in [0, 0.1) is 5.92 Å². The molecule has 6 nitrogen and oxygen atoms in total. The van der Waals surface area contributed by atoms with Gasteiger partial charge < -0.3 is 20.5 Å². The zero-order valence-electron chi connectivity index (χ0n) is 14.7. The van der Waals surface area contributed by atoms with Crippen molar-refractivity contribution in [2.75, 3.05) is 7.11 Å². The van der Waals surface area contributed by atoms with Crippen molar-refractivity contribution in [2.45, 2.75) is 17.9 Å². The van der Waals surface area contributed by atoms with E-state index in [2.05, 4.69) is 5.32 Å². The van der Waals surface area contributed by atoms with Gasteiger partial charge in [-0.05, 0) is 17.7 Å². The van der Waals surface area contributed by atoms with E-state index >= 15 is 0 Å². The fraction of sp³-hybridized carbons (Fsp3) is 0.263. The van der Waals surface area contributed by atoms with E-state index in [1.54, 1.807) is 6.07 Å². The van der Waals surface area contributed by atoms with Gasteiger partial charge in [0.1, 0.15) is 11.7 Å². The molecule has 0 unspecified atom stereocenters. The summed E-state index contributed by atoms with van der Waals surface area (Å²) in [6.45, 7) is 0. The lowest BCUT2D eigenvalue weighted by Gasteiger charge is -2.45. The standard InChI is InChI=1S/C19H17F3N2O4/c1-28-13-9-7-11(8-10-13)15-14(16(25)12-5-3-2-4-6-12)18(27,19(20,21)22)24-17(26)23-15/h2-10,14-15,27H,1H3,(H2,23,24,26)/t14-,15+,18+/m0/s1. The van der Waals surface area contributed by atoms with Gasteiger partial charge in [0.15, 0.2) is 5.78 Å². The molecule has 1 fully saturated rings. The molecule has 148 valence electrons. The lowest BCUT2D eigenvalue weighted by molar-refractivity contribution is -0.287. The molecule has 2 aromatic carbocycles. The summed E-state index contributed by atoms with van der Waals surface area (Å²) in [5.41, 5.74) is -3.55. The Bertz CT molecular complexity index is 871. The maximum absolute atomic E-state index is 13.8. The van der Waals surface area contributed by atoms with Gasteiger partial charge in [0, 0.05) is 5.56 Å². The number of halogens is 3. The molecule has 9 heteroatoms. The second-order valence-electron chi connectivity index (χ2n) is 6.32. The number of hydrogen-bond acceptors (Lipinski definition) is 4. The number of amides is 2. The number of ether oxygens (including phenoxy) is 1. The molecule has 0 aliphatic carbocycles. The summed E-state index contributed by atoms with van der Waals surface area (Å²) < 4.78 is 46.3. The van der Waals surface area contributed by atoms with E-state index in [0.717, 1.165) is 0 Å². The van der Waals surface area contributed by atoms with Gasteiger partial charge in [-0.15, -0.1) is 0 Å². The summed E-state index contributed by atoms with van der Waals surface area (Å²) in [5, 5.41) is 14.3. The second kappa shape index (κ2) is 7.16. The second-order valence-corrected chi connectivity index (χ2v) is 6.32. The molecular formula is C19H17F3N2O4. The minimum atomic E-state index is -5.29. The van der Waals surface area contributed by atoms with Gasteiger partial charge >= 0.3 is 12.2 Å². The van der Waals surface area contributed by atoms with Crippen LogP contribution in [0.2, 0.25) is 0 Å². The van der Waals surface area contributed by atoms with Crippen molar-refractivity contribution in [1.82, 2.24) is 10.6 Å². The minimum absolute atomic E-state index is 0.0216. The smallest absolute Gasteiger partial charge is 0.437 e. The first-order valence-electron chi connectivity index (χ1n) is 8.28. The summed E-state index contributed by atoms with van der Waals surface area (Å²) in [6, 6.07) is 10.5. The Morgan fingerprint density at radius 2 is 1.71 bits per heavy atom. The Kier molecular flexibility index (Phi) is 5.03. The first-order valence-corrected chi connectivity index (χ1v) is 8.28. The highest BCUT2D eigenvalue weighted by molar-refractivity contribution is 6.00. The van der Waals surface area contributed by atoms with Crippen LogP contribution in [-0.4, -0.2) is 35.9 Å². The number of methoxy groups -OCH3 is 1. The Morgan fingerprint density at radius 3 is 2.25 bits per heavy atom. The van der Waals surface area contributed by atoms with E-state index in [1.807, 2.05) is 0 Å². The predicted octanol–water partition coefficient (Wildman–Crippen LogP) is 2.80. The molecule has 1 saturated heterocycles. The van der Waals surface area contributed by atoms with E-state index in [4.69, 9.17) is 4.74 Å². The van der Waals surface area contributed by atoms with Crippen LogP contribution in [0.5, 0.6) is 5.75 Å². The number of aliphatic hydroxyl groups is 1. The van der Waals surface area contributed by atoms with E-state index in [9.17, 15) is 27.9 Å². The molecule has 2 amide bonds. The van der Waals surface area contributed by atoms with Crippen molar-refractivity contribution in [3.63, 3.8) is 0 Å². The fourth-order valence-electron chi connectivity index (χ4n) is 3.21. The molecule has 0 bridgehead atoms. The highest BCUT2D eigenvalue weighted by Crippen LogP contribution is 2.44. The van der Waals surface area contributed by atoms with Crippen molar-refractivity contribution in [3.8, 4) is 5.75 Å². The van der Waals surface area contributed by atoms with Gasteiger partial charge in [-0.25, -0.2) is 4.79 Å². The average Bonchev–Trinajstić information content (AvgIpc) is 2.67. The average molecular weight is 394 g/mol. The molecule has 2 aromatic rings. The summed E-state index contributed by atoms with van der Waals surface area (Å²) in [6.07, 6.45) is -5.29. The number of urea groups is 1. The molecule has 0 aromatic heterocycles. The lowest BCUT2D eigenvalue weighted by atomic mass is 9.77. The van der Waals surface area contributed by atoms with E-state index < -0.39 is 35.7 Å². The molecule has 3 atom stereocenters. The molecular weight excluding hydrogens is 377 g/mol. The van der Waals surface area contributed by atoms with E-state index in [1.165, 1.54) is 61.0 Å². The zero-order valence-corrected chi connectivity index (χ0v) is 14.7. The zero-order chi connectivity index (χ0) is 20.5. The summed E-state index contributed by atoms with van der Waals surface area (Å²) in [4.78, 5) is 24.9. The van der Waals surface area contributed by atoms with Crippen LogP contribution in [0.15, 0.2) is 54.6 Å². The number of benzene rings is 2. The molecule has 3 N–H and O–H groups in total. The highest BCUT2D eigenvalue weighted by Gasteiger charge is 2.66. The summed E-state index contributed by atoms with van der Waals surface area (Å²) in [5.74, 6) is -2.57. The number of alkyl halides is 3. The molecule has 1 aliphatic heterocycles. The topological polar surface area (TPSA) is 87.7 Å². The molecule has 0 saturated carbocycles. The van der Waals surface area contributed by atoms with Crippen molar-refractivity contribution < 1.29 is 32.6 Å². The molecule has 0 radical (unpaired) electrons. The maximum atomic E-state index is 13.8. The van der Waals surface area contributed by atoms with Crippen molar-refractivity contribution >= 4 is 11.8 Å². The third-order valence-electron chi connectivity index (χ3n) is 4.62. The first kappa shape index (κ1) is 19.7. The van der Waals surface area contributed by atoms with Crippen molar-refractivity contribution in [1.29, 1.82) is 0 Å². The molecule has 28 heavy (non-hydrogen) atoms. The first-order chi connectivity index (χ1) is 13.2. The maximum Gasteiger partial charge on any atom is 0.437 e. The van der Waals surface area contributed by atoms with Crippen LogP contribution in [-0.2, 0) is 0 Å². The molecule has 1 aliphatic rings. The normalized spacial score (nSPS) is 24.8. The largest absolute Gasteiger partial charge is 0.497 e. The van der Waals surface area contributed by atoms with Crippen molar-refractivity contribution in [2.24, 2.45) is 5.92 Å². The summed E-state index contributed by atoms with van der Waals surface area (Å²) >= 11 is 0. The Labute approximate surface area is 158 Å². The van der Waals surface area contributed by atoms with E-state index in [0.29, 0.717) is 5.75 Å². The number of ketones is 1. The van der Waals surface area contributed by atoms with Crippen LogP contribution in [0.25, 0.3) is 0 Å². The molecule has 1 heterocycles. The SMILES string of the molecule is COc1ccc([C@H]2NC(=O)N[C@](O)(C(F)(F)F)[C@@H]2C(=O)c2ccccc2)cc1. The van der Waals surface area contributed by atoms with Crippen LogP contribution >= 0.6 is 0 Å². The Hall–Kier alpha value is -3.07. The van der Waals surface area contributed by atoms with Gasteiger partial charge in [-0.2, -0.15) is 13.2 Å². The van der Waals surface area contributed by atoms with Crippen LogP contribution in [0.1, 0.15) is 22.0 Å². The van der Waals surface area contributed by atoms with Crippen molar-refractivity contribution in [3.05, 3.63) is 65.7 Å². The number of rotatable bonds is 4. The quantitative estimate of drug-likeness (QED) is 0.696. The summed E-state index contributed by atoms with van der Waals surface area (Å²) in [7, 11) is 1.42.